The summed E-state index contributed by atoms with van der Waals surface area (Å²) in [6, 6.07) is 46.9. The summed E-state index contributed by atoms with van der Waals surface area (Å²) in [6.07, 6.45) is 3.65. The third kappa shape index (κ3) is 5.32. The molecule has 0 saturated heterocycles. The summed E-state index contributed by atoms with van der Waals surface area (Å²) in [6.45, 7) is 0.353. The molecular weight excluding hydrogens is 797 g/mol. The number of aromatic nitrogens is 2. The zero-order valence-electron chi connectivity index (χ0n) is 21.2. The normalized spacial score (nSPS) is 12.1. The van der Waals surface area contributed by atoms with E-state index in [0.29, 0.717) is 36.6 Å². The minimum atomic E-state index is 0. The maximum atomic E-state index is 4.55. The van der Waals surface area contributed by atoms with Crippen molar-refractivity contribution in [3.05, 3.63) is 140 Å². The molecule has 2 aliphatic rings. The molecule has 2 aliphatic heterocycles. The first-order valence-electron chi connectivity index (χ1n) is 12.8. The number of fused-ring (bicyclic) bond motifs is 4. The topological polar surface area (TPSA) is 25.8 Å². The molecule has 6 heteroatoms. The fraction of sp³-hybridized carbons (Fsp3) is 0. The van der Waals surface area contributed by atoms with Crippen LogP contribution in [0, 0.1) is 12.1 Å². The van der Waals surface area contributed by atoms with E-state index in [0.717, 1.165) is 22.5 Å². The SMILES string of the molecule is [Ir].[c-]1cc2c(cc1-c1ccccn1)B1c3ccccc3[Se]c3cccc(c31)[Se]2.[c-]1ccccc1-c1ccccn1. The van der Waals surface area contributed by atoms with Crippen molar-refractivity contribution in [1.82, 2.24) is 9.97 Å². The van der Waals surface area contributed by atoms with Crippen LogP contribution in [0.2, 0.25) is 0 Å². The van der Waals surface area contributed by atoms with E-state index in [4.69, 9.17) is 0 Å². The minimum Gasteiger partial charge on any atom is -0.305 e. The van der Waals surface area contributed by atoms with Gasteiger partial charge < -0.3 is 4.98 Å². The first-order chi connectivity index (χ1) is 19.3. The predicted octanol–water partition coefficient (Wildman–Crippen LogP) is 1.55. The van der Waals surface area contributed by atoms with Crippen molar-refractivity contribution in [3.63, 3.8) is 0 Å². The quantitative estimate of drug-likeness (QED) is 0.196. The Labute approximate surface area is 261 Å². The molecule has 4 aromatic carbocycles. The Morgan fingerprint density at radius 1 is 0.550 bits per heavy atom. The molecule has 0 atom stereocenters. The second kappa shape index (κ2) is 12.2. The molecule has 2 aromatic heterocycles. The number of pyridine rings is 2. The van der Waals surface area contributed by atoms with Gasteiger partial charge in [0.15, 0.2) is 0 Å². The van der Waals surface area contributed by atoms with Gasteiger partial charge in [-0.3, -0.25) is 0 Å². The third-order valence-electron chi connectivity index (χ3n) is 6.83. The van der Waals surface area contributed by atoms with E-state index in [-0.39, 0.29) is 20.1 Å². The summed E-state index contributed by atoms with van der Waals surface area (Å²) in [5.41, 5.74) is 8.64. The molecular formula is C34H21BIrN2Se2-2. The van der Waals surface area contributed by atoms with Crippen molar-refractivity contribution in [2.75, 3.05) is 0 Å². The monoisotopic (exact) mass is 821 g/mol. The van der Waals surface area contributed by atoms with Gasteiger partial charge in [-0.15, -0.1) is 35.9 Å². The van der Waals surface area contributed by atoms with Gasteiger partial charge >= 0.3 is 172 Å². The molecule has 0 unspecified atom stereocenters. The molecule has 4 heterocycles. The Kier molecular flexibility index (Phi) is 8.28. The summed E-state index contributed by atoms with van der Waals surface area (Å²) in [5, 5.41) is 0. The summed E-state index contributed by atoms with van der Waals surface area (Å²) < 4.78 is 6.09. The van der Waals surface area contributed by atoms with Crippen molar-refractivity contribution in [2.45, 2.75) is 0 Å². The Morgan fingerprint density at radius 3 is 1.90 bits per heavy atom. The summed E-state index contributed by atoms with van der Waals surface area (Å²) in [5.74, 6) is 0. The van der Waals surface area contributed by atoms with E-state index in [1.54, 1.807) is 20.6 Å². The van der Waals surface area contributed by atoms with Gasteiger partial charge in [0.1, 0.15) is 0 Å². The third-order valence-corrected chi connectivity index (χ3v) is 11.7. The van der Waals surface area contributed by atoms with Gasteiger partial charge in [0, 0.05) is 26.3 Å². The molecule has 8 rings (SSSR count). The molecule has 0 saturated carbocycles. The van der Waals surface area contributed by atoms with E-state index < -0.39 is 0 Å². The largest absolute Gasteiger partial charge is 0.305 e. The van der Waals surface area contributed by atoms with Gasteiger partial charge in [0.25, 0.3) is 0 Å². The minimum absolute atomic E-state index is 0. The van der Waals surface area contributed by atoms with Crippen LogP contribution in [0.15, 0.2) is 128 Å². The average Bonchev–Trinajstić information content (AvgIpc) is 3.02. The molecule has 0 amide bonds. The summed E-state index contributed by atoms with van der Waals surface area (Å²) >= 11 is 0.745. The molecule has 0 fully saturated rings. The first kappa shape index (κ1) is 27.1. The van der Waals surface area contributed by atoms with Crippen LogP contribution in [-0.2, 0) is 20.1 Å². The molecule has 1 radical (unpaired) electrons. The first-order valence-corrected chi connectivity index (χ1v) is 16.2. The Balaban J connectivity index is 0.000000188. The van der Waals surface area contributed by atoms with E-state index >= 15 is 0 Å². The van der Waals surface area contributed by atoms with Crippen LogP contribution >= 0.6 is 0 Å². The van der Waals surface area contributed by atoms with Crippen LogP contribution in [0.3, 0.4) is 0 Å². The van der Waals surface area contributed by atoms with Gasteiger partial charge in [-0.05, 0) is 11.8 Å². The van der Waals surface area contributed by atoms with Crippen molar-refractivity contribution < 1.29 is 20.1 Å². The zero-order chi connectivity index (χ0) is 26.0. The van der Waals surface area contributed by atoms with Gasteiger partial charge in [-0.25, -0.2) is 0 Å². The van der Waals surface area contributed by atoms with Gasteiger partial charge in [0.05, 0.1) is 0 Å². The van der Waals surface area contributed by atoms with Gasteiger partial charge in [0.2, 0.25) is 0 Å². The fourth-order valence-corrected chi connectivity index (χ4v) is 10.2. The standard InChI is InChI=1S/C23H13BNSe2.C11H8N.Ir/c1-2-8-19-16(6-1)24-17-14-15(18-7-3-4-13-25-18)11-12-20(17)27-22-10-5-9-21(26-19)23(22)24;1-2-6-10(7-3-1)11-8-4-5-9-12-11;/h1-10,12-14H;1-6,8-9H;/q2*-1;. The molecule has 193 valence electrons. The average molecular weight is 819 g/mol. The second-order valence-corrected chi connectivity index (χ2v) is 13.8. The second-order valence-electron chi connectivity index (χ2n) is 9.22. The van der Waals surface area contributed by atoms with Crippen LogP contribution < -0.4 is 34.2 Å². The van der Waals surface area contributed by atoms with Crippen LogP contribution in [-0.4, -0.2) is 46.6 Å². The fourth-order valence-electron chi connectivity index (χ4n) is 5.07. The van der Waals surface area contributed by atoms with Crippen LogP contribution in [0.1, 0.15) is 0 Å². The van der Waals surface area contributed by atoms with E-state index in [2.05, 4.69) is 82.8 Å². The number of hydrogen-bond acceptors (Lipinski definition) is 2. The summed E-state index contributed by atoms with van der Waals surface area (Å²) in [4.78, 5) is 8.76. The van der Waals surface area contributed by atoms with Crippen LogP contribution in [0.25, 0.3) is 22.5 Å². The van der Waals surface area contributed by atoms with Crippen LogP contribution in [0.5, 0.6) is 0 Å². The Morgan fingerprint density at radius 2 is 1.20 bits per heavy atom. The van der Waals surface area contributed by atoms with Crippen molar-refractivity contribution in [3.8, 4) is 22.5 Å². The number of nitrogens with zero attached hydrogens (tertiary/aromatic N) is 2. The maximum Gasteiger partial charge on any atom is 0.0160 e. The van der Waals surface area contributed by atoms with Crippen molar-refractivity contribution in [1.29, 1.82) is 0 Å². The smallest absolute Gasteiger partial charge is 0.0160 e. The zero-order valence-corrected chi connectivity index (χ0v) is 27.1. The molecule has 0 spiro atoms. The number of rotatable bonds is 2. The van der Waals surface area contributed by atoms with E-state index in [9.17, 15) is 0 Å². The Hall–Kier alpha value is -3.07. The molecule has 0 N–H and O–H groups in total. The number of benzene rings is 4. The van der Waals surface area contributed by atoms with Crippen molar-refractivity contribution >= 4 is 70.9 Å². The van der Waals surface area contributed by atoms with Gasteiger partial charge in [-0.1, -0.05) is 12.1 Å². The summed E-state index contributed by atoms with van der Waals surface area (Å²) in [7, 11) is 0. The van der Waals surface area contributed by atoms with E-state index in [1.165, 1.54) is 19.8 Å². The molecule has 0 aliphatic carbocycles. The van der Waals surface area contributed by atoms with Gasteiger partial charge in [-0.2, -0.15) is 0 Å². The molecule has 0 bridgehead atoms. The Bertz CT molecular complexity index is 1710. The number of hydrogen-bond donors (Lipinski definition) is 0. The molecule has 40 heavy (non-hydrogen) atoms. The molecule has 2 nitrogen and oxygen atoms in total. The predicted molar refractivity (Wildman–Crippen MR) is 165 cm³/mol. The van der Waals surface area contributed by atoms with Crippen molar-refractivity contribution in [2.24, 2.45) is 0 Å². The molecule has 6 aromatic rings. The maximum absolute atomic E-state index is 4.55. The van der Waals surface area contributed by atoms with Crippen LogP contribution in [0.4, 0.5) is 0 Å². The van der Waals surface area contributed by atoms with E-state index in [1.807, 2.05) is 60.8 Å².